The van der Waals surface area contributed by atoms with Gasteiger partial charge in [0.25, 0.3) is 0 Å². The van der Waals surface area contributed by atoms with Crippen LogP contribution in [0, 0.1) is 0 Å². The molecule has 0 aliphatic carbocycles. The maximum absolute atomic E-state index is 5.60. The van der Waals surface area contributed by atoms with Crippen LogP contribution in [0.4, 0.5) is 0 Å². The number of benzene rings is 1. The van der Waals surface area contributed by atoms with Gasteiger partial charge in [-0.25, -0.2) is 0 Å². The number of thiocarbonyl (C=S) groups is 1. The van der Waals surface area contributed by atoms with Crippen LogP contribution in [-0.4, -0.2) is 34.7 Å². The normalized spacial score (nSPS) is 10.0. The van der Waals surface area contributed by atoms with Crippen LogP contribution in [0.1, 0.15) is 13.8 Å². The van der Waals surface area contributed by atoms with Gasteiger partial charge >= 0.3 is 0 Å². The summed E-state index contributed by atoms with van der Waals surface area (Å²) in [6, 6.07) is 9.86. The van der Waals surface area contributed by atoms with E-state index in [9.17, 15) is 0 Å². The molecule has 0 atom stereocenters. The smallest absolute Gasteiger partial charge is 0.136 e. The molecule has 0 spiro atoms. The van der Waals surface area contributed by atoms with E-state index in [-0.39, 0.29) is 0 Å². The Labute approximate surface area is 113 Å². The summed E-state index contributed by atoms with van der Waals surface area (Å²) in [6.07, 6.45) is 0. The van der Waals surface area contributed by atoms with E-state index in [0.29, 0.717) is 6.61 Å². The number of rotatable bonds is 6. The Morgan fingerprint density at radius 1 is 1.24 bits per heavy atom. The first-order chi connectivity index (χ1) is 8.27. The molecular weight excluding hydrogens is 250 g/mol. The SMILES string of the molecule is CCN(CC)C(=S)SCCOc1ccccc1. The summed E-state index contributed by atoms with van der Waals surface area (Å²) in [6.45, 7) is 6.88. The van der Waals surface area contributed by atoms with E-state index < -0.39 is 0 Å². The van der Waals surface area contributed by atoms with Gasteiger partial charge in [-0.2, -0.15) is 0 Å². The Morgan fingerprint density at radius 3 is 2.47 bits per heavy atom. The average molecular weight is 269 g/mol. The van der Waals surface area contributed by atoms with E-state index >= 15 is 0 Å². The molecular formula is C13H19NOS2. The highest BCUT2D eigenvalue weighted by Crippen LogP contribution is 2.12. The van der Waals surface area contributed by atoms with Gasteiger partial charge in [0.05, 0.1) is 6.61 Å². The Balaban J connectivity index is 2.18. The standard InChI is InChI=1S/C13H19NOS2/c1-3-14(4-2)13(16)17-11-10-15-12-8-6-5-7-9-12/h5-9H,3-4,10-11H2,1-2H3. The van der Waals surface area contributed by atoms with Gasteiger partial charge in [-0.1, -0.05) is 42.2 Å². The van der Waals surface area contributed by atoms with Crippen molar-refractivity contribution in [3.63, 3.8) is 0 Å². The highest BCUT2D eigenvalue weighted by Gasteiger charge is 2.05. The fourth-order valence-corrected chi connectivity index (χ4v) is 2.67. The molecule has 0 amide bonds. The van der Waals surface area contributed by atoms with E-state index in [4.69, 9.17) is 17.0 Å². The molecule has 2 nitrogen and oxygen atoms in total. The number of hydrogen-bond acceptors (Lipinski definition) is 3. The fourth-order valence-electron chi connectivity index (χ4n) is 1.38. The maximum atomic E-state index is 5.60. The molecule has 0 aliphatic heterocycles. The molecule has 0 bridgehead atoms. The van der Waals surface area contributed by atoms with Gasteiger partial charge in [-0.05, 0) is 26.0 Å². The number of hydrogen-bond donors (Lipinski definition) is 0. The predicted octanol–water partition coefficient (Wildman–Crippen LogP) is 3.43. The lowest BCUT2D eigenvalue weighted by Crippen LogP contribution is -2.27. The van der Waals surface area contributed by atoms with Crippen LogP contribution >= 0.6 is 24.0 Å². The first-order valence-electron chi connectivity index (χ1n) is 5.87. The van der Waals surface area contributed by atoms with E-state index in [0.717, 1.165) is 28.9 Å². The average Bonchev–Trinajstić information content (AvgIpc) is 2.37. The van der Waals surface area contributed by atoms with Gasteiger partial charge in [0.2, 0.25) is 0 Å². The van der Waals surface area contributed by atoms with Gasteiger partial charge in [-0.15, -0.1) is 0 Å². The van der Waals surface area contributed by atoms with Crippen LogP contribution in [0.3, 0.4) is 0 Å². The molecule has 4 heteroatoms. The number of thioether (sulfide) groups is 1. The van der Waals surface area contributed by atoms with Crippen molar-refractivity contribution in [3.8, 4) is 5.75 Å². The van der Waals surface area contributed by atoms with Gasteiger partial charge in [0.1, 0.15) is 10.1 Å². The summed E-state index contributed by atoms with van der Waals surface area (Å²) in [5.41, 5.74) is 0. The third-order valence-electron chi connectivity index (χ3n) is 2.34. The second-order valence-electron chi connectivity index (χ2n) is 3.45. The molecule has 0 saturated carbocycles. The lowest BCUT2D eigenvalue weighted by Gasteiger charge is -2.20. The summed E-state index contributed by atoms with van der Waals surface area (Å²) in [5, 5.41) is 0. The highest BCUT2D eigenvalue weighted by molar-refractivity contribution is 8.22. The monoisotopic (exact) mass is 269 g/mol. The minimum Gasteiger partial charge on any atom is -0.493 e. The molecule has 0 unspecified atom stereocenters. The molecule has 94 valence electrons. The summed E-state index contributed by atoms with van der Waals surface area (Å²) in [5.74, 6) is 1.81. The van der Waals surface area contributed by atoms with Crippen molar-refractivity contribution < 1.29 is 4.74 Å². The van der Waals surface area contributed by atoms with Crippen LogP contribution in [0.5, 0.6) is 5.75 Å². The number of para-hydroxylation sites is 1. The van der Waals surface area contributed by atoms with Gasteiger partial charge < -0.3 is 9.64 Å². The van der Waals surface area contributed by atoms with Gasteiger partial charge in [0.15, 0.2) is 0 Å². The Bertz CT molecular complexity index is 325. The minimum atomic E-state index is 0.691. The maximum Gasteiger partial charge on any atom is 0.136 e. The van der Waals surface area contributed by atoms with E-state index in [1.54, 1.807) is 11.8 Å². The van der Waals surface area contributed by atoms with Crippen LogP contribution < -0.4 is 4.74 Å². The van der Waals surface area contributed by atoms with E-state index in [1.165, 1.54) is 0 Å². The fraction of sp³-hybridized carbons (Fsp3) is 0.462. The molecule has 1 aromatic rings. The lowest BCUT2D eigenvalue weighted by atomic mass is 10.3. The van der Waals surface area contributed by atoms with Gasteiger partial charge in [0, 0.05) is 18.8 Å². The largest absolute Gasteiger partial charge is 0.493 e. The second-order valence-corrected chi connectivity index (χ2v) is 5.18. The lowest BCUT2D eigenvalue weighted by molar-refractivity contribution is 0.344. The van der Waals surface area contributed by atoms with Crippen molar-refractivity contribution in [2.45, 2.75) is 13.8 Å². The number of ether oxygens (including phenoxy) is 1. The second kappa shape index (κ2) is 8.37. The molecule has 17 heavy (non-hydrogen) atoms. The van der Waals surface area contributed by atoms with Crippen LogP contribution in [0.15, 0.2) is 30.3 Å². The zero-order valence-corrected chi connectivity index (χ0v) is 12.0. The zero-order valence-electron chi connectivity index (χ0n) is 10.4. The molecule has 0 N–H and O–H groups in total. The first-order valence-corrected chi connectivity index (χ1v) is 7.26. The van der Waals surface area contributed by atoms with E-state index in [1.807, 2.05) is 30.3 Å². The molecule has 1 rings (SSSR count). The van der Waals surface area contributed by atoms with Crippen LogP contribution in [-0.2, 0) is 0 Å². The molecule has 1 aromatic carbocycles. The molecule has 0 fully saturated rings. The van der Waals surface area contributed by atoms with Crippen molar-refractivity contribution >= 4 is 28.3 Å². The topological polar surface area (TPSA) is 12.5 Å². The van der Waals surface area contributed by atoms with Crippen molar-refractivity contribution in [1.29, 1.82) is 0 Å². The number of nitrogens with zero attached hydrogens (tertiary/aromatic N) is 1. The molecule has 0 aromatic heterocycles. The molecule has 0 radical (unpaired) electrons. The summed E-state index contributed by atoms with van der Waals surface area (Å²) >= 11 is 7.02. The first kappa shape index (κ1) is 14.3. The molecule has 0 heterocycles. The van der Waals surface area contributed by atoms with Gasteiger partial charge in [-0.3, -0.25) is 0 Å². The molecule has 0 saturated heterocycles. The third kappa shape index (κ3) is 5.41. The van der Waals surface area contributed by atoms with E-state index in [2.05, 4.69) is 18.7 Å². The Morgan fingerprint density at radius 2 is 1.88 bits per heavy atom. The summed E-state index contributed by atoms with van der Waals surface area (Å²) in [7, 11) is 0. The van der Waals surface area contributed by atoms with Crippen LogP contribution in [0.25, 0.3) is 0 Å². The summed E-state index contributed by atoms with van der Waals surface area (Å²) in [4.78, 5) is 2.18. The van der Waals surface area contributed by atoms with Crippen molar-refractivity contribution in [2.75, 3.05) is 25.4 Å². The third-order valence-corrected chi connectivity index (χ3v) is 3.83. The quantitative estimate of drug-likeness (QED) is 0.579. The van der Waals surface area contributed by atoms with Crippen molar-refractivity contribution in [2.24, 2.45) is 0 Å². The minimum absolute atomic E-state index is 0.691. The summed E-state index contributed by atoms with van der Waals surface area (Å²) < 4.78 is 6.57. The van der Waals surface area contributed by atoms with Crippen molar-refractivity contribution in [1.82, 2.24) is 4.90 Å². The Kier molecular flexibility index (Phi) is 7.05. The zero-order chi connectivity index (χ0) is 12.5. The van der Waals surface area contributed by atoms with Crippen LogP contribution in [0.2, 0.25) is 0 Å². The Hall–Kier alpha value is -0.740. The highest BCUT2D eigenvalue weighted by atomic mass is 32.2. The predicted molar refractivity (Wildman–Crippen MR) is 79.9 cm³/mol. The van der Waals surface area contributed by atoms with Crippen molar-refractivity contribution in [3.05, 3.63) is 30.3 Å². The molecule has 0 aliphatic rings.